The second kappa shape index (κ2) is 20.2. The maximum absolute atomic E-state index is 0. The molecule has 1 radical (unpaired) electrons. The molecule has 0 bridgehead atoms. The first-order valence-electron chi connectivity index (χ1n) is 0. The Morgan fingerprint density at radius 3 is 0.750 bits per heavy atom. The van der Waals surface area contributed by atoms with Crippen LogP contribution in [0.1, 0.15) is 0 Å². The van der Waals surface area contributed by atoms with Crippen LogP contribution >= 0.6 is 24.8 Å². The molecule has 0 aromatic rings. The summed E-state index contributed by atoms with van der Waals surface area (Å²) in [5.74, 6) is 0. The molecular formula is H5Cl2CuIn. The summed E-state index contributed by atoms with van der Waals surface area (Å²) in [6.45, 7) is 0. The molecule has 0 amide bonds. The Kier molecular flexibility index (Phi) is 192. The van der Waals surface area contributed by atoms with E-state index in [1.807, 2.05) is 0 Å². The first-order valence-corrected chi connectivity index (χ1v) is 0. The number of rotatable bonds is 0. The van der Waals surface area contributed by atoms with Crippen molar-refractivity contribution in [3.8, 4) is 0 Å². The van der Waals surface area contributed by atoms with Crippen LogP contribution in [0.25, 0.3) is 0 Å². The molecular weight excluding hydrogens is 249 g/mol. The zero-order valence-corrected chi connectivity index (χ0v) is 3.69. The molecule has 0 unspecified atom stereocenters. The van der Waals surface area contributed by atoms with Gasteiger partial charge in [-0.05, 0) is 0 Å². The van der Waals surface area contributed by atoms with E-state index >= 15 is 0 Å². The monoisotopic (exact) mass is 253 g/mol. The molecule has 0 aromatic heterocycles. The van der Waals surface area contributed by atoms with Crippen molar-refractivity contribution < 1.29 is 17.1 Å². The second-order valence-corrected chi connectivity index (χ2v) is 0. The van der Waals surface area contributed by atoms with Crippen molar-refractivity contribution >= 4 is 50.7 Å². The van der Waals surface area contributed by atoms with Crippen molar-refractivity contribution in [2.45, 2.75) is 0 Å². The topological polar surface area (TPSA) is 0 Å². The van der Waals surface area contributed by atoms with Gasteiger partial charge in [0.05, 0.1) is 0 Å². The van der Waals surface area contributed by atoms with Gasteiger partial charge in [-0.2, -0.15) is 0 Å². The van der Waals surface area contributed by atoms with Crippen molar-refractivity contribution in [2.24, 2.45) is 0 Å². The Bertz CT molecular complexity index is 6.00. The average molecular weight is 254 g/mol. The number of hydrogen-bond donors (Lipinski definition) is 0. The molecule has 4 heteroatoms. The Morgan fingerprint density at radius 2 is 0.750 bits per heavy atom. The molecule has 0 nitrogen and oxygen atoms in total. The molecule has 0 saturated carbocycles. The molecule has 0 aromatic carbocycles. The molecule has 0 spiro atoms. The fourth-order valence-corrected chi connectivity index (χ4v) is 0. The van der Waals surface area contributed by atoms with Gasteiger partial charge in [-0.25, -0.2) is 0 Å². The van der Waals surface area contributed by atoms with Crippen LogP contribution in [0, 0.1) is 0 Å². The van der Waals surface area contributed by atoms with E-state index in [2.05, 4.69) is 0 Å². The molecule has 0 fully saturated rings. The quantitative estimate of drug-likeness (QED) is 0.519. The van der Waals surface area contributed by atoms with E-state index in [4.69, 9.17) is 0 Å². The zero-order chi connectivity index (χ0) is 0. The van der Waals surface area contributed by atoms with Crippen molar-refractivity contribution in [2.75, 3.05) is 0 Å². The second-order valence-electron chi connectivity index (χ2n) is 0. The predicted molar refractivity (Wildman–Crippen MR) is 24.4 cm³/mol. The van der Waals surface area contributed by atoms with Crippen LogP contribution in [0.5, 0.6) is 0 Å². The van der Waals surface area contributed by atoms with Crippen LogP contribution in [0.4, 0.5) is 0 Å². The van der Waals surface area contributed by atoms with Gasteiger partial charge in [0.15, 0.2) is 0 Å². The van der Waals surface area contributed by atoms with Gasteiger partial charge in [0.25, 0.3) is 0 Å². The number of hydrogen-bond acceptors (Lipinski definition) is 0. The van der Waals surface area contributed by atoms with E-state index in [0.29, 0.717) is 0 Å². The molecule has 4 heavy (non-hydrogen) atoms. The van der Waals surface area contributed by atoms with Gasteiger partial charge in [-0.1, -0.05) is 0 Å². The van der Waals surface area contributed by atoms with Crippen LogP contribution in [-0.4, -0.2) is 25.8 Å². The van der Waals surface area contributed by atoms with E-state index in [-0.39, 0.29) is 67.7 Å². The van der Waals surface area contributed by atoms with Crippen molar-refractivity contribution in [1.29, 1.82) is 0 Å². The summed E-state index contributed by atoms with van der Waals surface area (Å²) in [6.07, 6.45) is 0. The van der Waals surface area contributed by atoms with Crippen LogP contribution < -0.4 is 0 Å². The van der Waals surface area contributed by atoms with Crippen molar-refractivity contribution in [1.82, 2.24) is 0 Å². The van der Waals surface area contributed by atoms with E-state index in [1.165, 1.54) is 0 Å². The average Bonchev–Trinajstić information content (AvgIpc) is 0. The first-order chi connectivity index (χ1) is 0. The first kappa shape index (κ1) is 38.0. The molecule has 0 atom stereocenters. The molecule has 0 aliphatic rings. The minimum atomic E-state index is 0. The van der Waals surface area contributed by atoms with Gasteiger partial charge >= 0.3 is 25.8 Å². The number of halogens is 2. The Balaban J connectivity index is 0. The Morgan fingerprint density at radius 1 is 0.750 bits per heavy atom. The van der Waals surface area contributed by atoms with Crippen LogP contribution in [0.2, 0.25) is 0 Å². The summed E-state index contributed by atoms with van der Waals surface area (Å²) in [7, 11) is 0. The van der Waals surface area contributed by atoms with Crippen molar-refractivity contribution in [3.05, 3.63) is 0 Å². The molecule has 0 N–H and O–H groups in total. The molecule has 0 aliphatic carbocycles. The van der Waals surface area contributed by atoms with E-state index in [9.17, 15) is 0 Å². The van der Waals surface area contributed by atoms with Gasteiger partial charge < -0.3 is 0 Å². The molecule has 0 rings (SSSR count). The summed E-state index contributed by atoms with van der Waals surface area (Å²) in [5, 5.41) is 0. The standard InChI is InChI=1S/2ClH.Cu.In.3H/h2*1H;;;;;. The van der Waals surface area contributed by atoms with Crippen LogP contribution in [0.3, 0.4) is 0 Å². The fourth-order valence-electron chi connectivity index (χ4n) is 0. The molecule has 0 aliphatic heterocycles. The molecule has 0 saturated heterocycles. The van der Waals surface area contributed by atoms with Gasteiger partial charge in [0, 0.05) is 17.1 Å². The van der Waals surface area contributed by atoms with Crippen LogP contribution in [0.15, 0.2) is 0 Å². The summed E-state index contributed by atoms with van der Waals surface area (Å²) in [4.78, 5) is 0. The molecule has 33 valence electrons. The van der Waals surface area contributed by atoms with Crippen LogP contribution in [-0.2, 0) is 17.1 Å². The summed E-state index contributed by atoms with van der Waals surface area (Å²) >= 11 is 0. The fraction of sp³-hybridized carbons (Fsp3) is 0. The van der Waals surface area contributed by atoms with Gasteiger partial charge in [-0.3, -0.25) is 0 Å². The Labute approximate surface area is 67.2 Å². The third-order valence-electron chi connectivity index (χ3n) is 0. The maximum atomic E-state index is 0. The van der Waals surface area contributed by atoms with Gasteiger partial charge in [-0.15, -0.1) is 24.8 Å². The van der Waals surface area contributed by atoms with Gasteiger partial charge in [0.2, 0.25) is 0 Å². The Hall–Kier alpha value is 1.97. The summed E-state index contributed by atoms with van der Waals surface area (Å²) in [6, 6.07) is 0. The van der Waals surface area contributed by atoms with E-state index in [0.717, 1.165) is 0 Å². The van der Waals surface area contributed by atoms with Crippen molar-refractivity contribution in [3.63, 3.8) is 0 Å². The SMILES string of the molecule is Cl.Cl.[Cu].[InH3]. The molecule has 0 heterocycles. The predicted octanol–water partition coefficient (Wildman–Crippen LogP) is -0.343. The van der Waals surface area contributed by atoms with E-state index < -0.39 is 0 Å². The summed E-state index contributed by atoms with van der Waals surface area (Å²) < 4.78 is 0. The normalized spacial score (nSPS) is 0. The minimum absolute atomic E-state index is 0. The third-order valence-corrected chi connectivity index (χ3v) is 0. The summed E-state index contributed by atoms with van der Waals surface area (Å²) in [5.41, 5.74) is 0. The zero-order valence-electron chi connectivity index (χ0n) is 1.12. The third kappa shape index (κ3) is 9.02. The van der Waals surface area contributed by atoms with E-state index in [1.54, 1.807) is 0 Å². The van der Waals surface area contributed by atoms with Gasteiger partial charge in [0.1, 0.15) is 0 Å².